The Hall–Kier alpha value is -1.07. The molecule has 0 aliphatic carbocycles. The summed E-state index contributed by atoms with van der Waals surface area (Å²) in [5.74, 6) is 0. The van der Waals surface area contributed by atoms with Crippen LogP contribution in [0.4, 0.5) is 5.69 Å². The smallest absolute Gasteiger partial charge is 0.240 e. The summed E-state index contributed by atoms with van der Waals surface area (Å²) in [6.07, 6.45) is 1.76. The van der Waals surface area contributed by atoms with Crippen LogP contribution in [0.5, 0.6) is 0 Å². The van der Waals surface area contributed by atoms with Gasteiger partial charge >= 0.3 is 0 Å². The van der Waals surface area contributed by atoms with E-state index in [4.69, 9.17) is 5.73 Å². The van der Waals surface area contributed by atoms with E-state index in [2.05, 4.69) is 4.72 Å². The van der Waals surface area contributed by atoms with Crippen LogP contribution >= 0.6 is 0 Å². The largest absolute Gasteiger partial charge is 0.398 e. The summed E-state index contributed by atoms with van der Waals surface area (Å²) in [5.41, 5.74) is 7.09. The van der Waals surface area contributed by atoms with E-state index >= 15 is 0 Å². The highest BCUT2D eigenvalue weighted by Crippen LogP contribution is 2.17. The van der Waals surface area contributed by atoms with Crippen molar-refractivity contribution in [2.45, 2.75) is 44.6 Å². The van der Waals surface area contributed by atoms with Crippen molar-refractivity contribution in [3.63, 3.8) is 0 Å². The lowest BCUT2D eigenvalue weighted by Gasteiger charge is -2.13. The van der Waals surface area contributed by atoms with Crippen LogP contribution in [0.1, 0.15) is 32.3 Å². The SMILES string of the molecule is CCCC(C)NS(=O)(=O)c1ccc(C)c(N)c1. The minimum absolute atomic E-state index is 0.0625. The number of anilines is 1. The Bertz CT molecular complexity index is 483. The highest BCUT2D eigenvalue weighted by atomic mass is 32.2. The molecule has 4 nitrogen and oxygen atoms in total. The second-order valence-corrected chi connectivity index (χ2v) is 6.04. The van der Waals surface area contributed by atoms with E-state index in [1.165, 1.54) is 6.07 Å². The van der Waals surface area contributed by atoms with Crippen LogP contribution in [-0.4, -0.2) is 14.5 Å². The molecule has 3 N–H and O–H groups in total. The van der Waals surface area contributed by atoms with Crippen molar-refractivity contribution in [3.8, 4) is 0 Å². The normalized spacial score (nSPS) is 13.6. The van der Waals surface area contributed by atoms with Gasteiger partial charge in [0.1, 0.15) is 0 Å². The van der Waals surface area contributed by atoms with Gasteiger partial charge in [-0.25, -0.2) is 13.1 Å². The van der Waals surface area contributed by atoms with Gasteiger partial charge in [0.05, 0.1) is 4.90 Å². The van der Waals surface area contributed by atoms with E-state index in [-0.39, 0.29) is 10.9 Å². The molecular weight excluding hydrogens is 236 g/mol. The fourth-order valence-electron chi connectivity index (χ4n) is 1.61. The molecule has 17 heavy (non-hydrogen) atoms. The number of nitrogens with one attached hydrogen (secondary N) is 1. The van der Waals surface area contributed by atoms with Gasteiger partial charge < -0.3 is 5.73 Å². The molecule has 0 aliphatic heterocycles. The Balaban J connectivity index is 2.93. The number of nitrogens with two attached hydrogens (primary N) is 1. The van der Waals surface area contributed by atoms with Gasteiger partial charge in [0.15, 0.2) is 0 Å². The number of hydrogen-bond acceptors (Lipinski definition) is 3. The monoisotopic (exact) mass is 256 g/mol. The first-order valence-electron chi connectivity index (χ1n) is 5.75. The van der Waals surface area contributed by atoms with Gasteiger partial charge in [-0.05, 0) is 38.0 Å². The minimum Gasteiger partial charge on any atom is -0.398 e. The van der Waals surface area contributed by atoms with E-state index in [1.54, 1.807) is 12.1 Å². The van der Waals surface area contributed by atoms with Crippen molar-refractivity contribution in [1.29, 1.82) is 0 Å². The molecule has 96 valence electrons. The lowest BCUT2D eigenvalue weighted by atomic mass is 10.2. The molecule has 1 aromatic carbocycles. The molecular formula is C12H20N2O2S. The third-order valence-corrected chi connectivity index (χ3v) is 4.23. The maximum absolute atomic E-state index is 12.0. The zero-order valence-corrected chi connectivity index (χ0v) is 11.3. The van der Waals surface area contributed by atoms with Crippen LogP contribution in [-0.2, 0) is 10.0 Å². The second kappa shape index (κ2) is 5.51. The first-order valence-corrected chi connectivity index (χ1v) is 7.23. The molecule has 1 atom stereocenters. The first kappa shape index (κ1) is 14.0. The molecule has 1 unspecified atom stereocenters. The van der Waals surface area contributed by atoms with Crippen LogP contribution < -0.4 is 10.5 Å². The number of hydrogen-bond donors (Lipinski definition) is 2. The lowest BCUT2D eigenvalue weighted by Crippen LogP contribution is -2.32. The molecule has 1 aromatic rings. The molecule has 5 heteroatoms. The summed E-state index contributed by atoms with van der Waals surface area (Å²) in [4.78, 5) is 0.226. The van der Waals surface area contributed by atoms with Crippen LogP contribution in [0.2, 0.25) is 0 Å². The van der Waals surface area contributed by atoms with Gasteiger partial charge in [0, 0.05) is 11.7 Å². The summed E-state index contributed by atoms with van der Waals surface area (Å²) in [7, 11) is -3.45. The van der Waals surface area contributed by atoms with Gasteiger partial charge in [-0.3, -0.25) is 0 Å². The van der Waals surface area contributed by atoms with Crippen molar-refractivity contribution >= 4 is 15.7 Å². The fraction of sp³-hybridized carbons (Fsp3) is 0.500. The maximum Gasteiger partial charge on any atom is 0.240 e. The van der Waals surface area contributed by atoms with E-state index < -0.39 is 10.0 Å². The number of aryl methyl sites for hydroxylation is 1. The molecule has 0 heterocycles. The zero-order chi connectivity index (χ0) is 13.1. The molecule has 0 fully saturated rings. The third-order valence-electron chi connectivity index (χ3n) is 2.64. The van der Waals surface area contributed by atoms with Gasteiger partial charge in [0.25, 0.3) is 0 Å². The number of nitrogen functional groups attached to an aromatic ring is 1. The Morgan fingerprint density at radius 2 is 2.06 bits per heavy atom. The van der Waals surface area contributed by atoms with Gasteiger partial charge in [0.2, 0.25) is 10.0 Å². The Morgan fingerprint density at radius 3 is 2.59 bits per heavy atom. The molecule has 0 amide bonds. The lowest BCUT2D eigenvalue weighted by molar-refractivity contribution is 0.544. The molecule has 0 spiro atoms. The summed E-state index contributed by atoms with van der Waals surface area (Å²) < 4.78 is 26.7. The van der Waals surface area contributed by atoms with Crippen LogP contribution in [0.25, 0.3) is 0 Å². The first-order chi connectivity index (χ1) is 7.86. The average molecular weight is 256 g/mol. The van der Waals surface area contributed by atoms with Crippen LogP contribution in [0, 0.1) is 6.92 Å². The Morgan fingerprint density at radius 1 is 1.41 bits per heavy atom. The topological polar surface area (TPSA) is 72.2 Å². The quantitative estimate of drug-likeness (QED) is 0.792. The third kappa shape index (κ3) is 3.71. The Labute approximate surface area is 103 Å². The van der Waals surface area contributed by atoms with E-state index in [0.29, 0.717) is 5.69 Å². The molecule has 0 bridgehead atoms. The van der Waals surface area contributed by atoms with Crippen molar-refractivity contribution in [3.05, 3.63) is 23.8 Å². The number of rotatable bonds is 5. The molecule has 1 rings (SSSR count). The van der Waals surface area contributed by atoms with Gasteiger partial charge in [-0.2, -0.15) is 0 Å². The van der Waals surface area contributed by atoms with E-state index in [0.717, 1.165) is 18.4 Å². The number of sulfonamides is 1. The van der Waals surface area contributed by atoms with E-state index in [1.807, 2.05) is 20.8 Å². The van der Waals surface area contributed by atoms with Gasteiger partial charge in [-0.15, -0.1) is 0 Å². The van der Waals surface area contributed by atoms with Crippen molar-refractivity contribution in [1.82, 2.24) is 4.72 Å². The van der Waals surface area contributed by atoms with Crippen LogP contribution in [0.15, 0.2) is 23.1 Å². The average Bonchev–Trinajstić information content (AvgIpc) is 2.21. The zero-order valence-electron chi connectivity index (χ0n) is 10.5. The number of benzene rings is 1. The molecule has 0 saturated carbocycles. The predicted molar refractivity (Wildman–Crippen MR) is 70.3 cm³/mol. The minimum atomic E-state index is -3.45. The van der Waals surface area contributed by atoms with Crippen molar-refractivity contribution in [2.24, 2.45) is 0 Å². The summed E-state index contributed by atoms with van der Waals surface area (Å²) in [6, 6.07) is 4.73. The molecule has 0 aromatic heterocycles. The summed E-state index contributed by atoms with van der Waals surface area (Å²) in [5, 5.41) is 0. The van der Waals surface area contributed by atoms with Gasteiger partial charge in [-0.1, -0.05) is 19.4 Å². The maximum atomic E-state index is 12.0. The molecule has 0 aliphatic rings. The highest BCUT2D eigenvalue weighted by Gasteiger charge is 2.17. The van der Waals surface area contributed by atoms with Crippen molar-refractivity contribution < 1.29 is 8.42 Å². The molecule has 0 radical (unpaired) electrons. The standard InChI is InChI=1S/C12H20N2O2S/c1-4-5-10(3)14-17(15,16)11-7-6-9(2)12(13)8-11/h6-8,10,14H,4-5,13H2,1-3H3. The summed E-state index contributed by atoms with van der Waals surface area (Å²) >= 11 is 0. The fourth-order valence-corrected chi connectivity index (χ4v) is 2.92. The summed E-state index contributed by atoms with van der Waals surface area (Å²) in [6.45, 7) is 5.73. The Kier molecular flexibility index (Phi) is 4.54. The highest BCUT2D eigenvalue weighted by molar-refractivity contribution is 7.89. The van der Waals surface area contributed by atoms with E-state index in [9.17, 15) is 8.42 Å². The predicted octanol–water partition coefficient (Wildman–Crippen LogP) is 2.04. The second-order valence-electron chi connectivity index (χ2n) is 4.33. The van der Waals surface area contributed by atoms with Crippen LogP contribution in [0.3, 0.4) is 0 Å². The van der Waals surface area contributed by atoms with Crippen molar-refractivity contribution in [2.75, 3.05) is 5.73 Å². The molecule has 0 saturated heterocycles.